The van der Waals surface area contributed by atoms with Crippen molar-refractivity contribution in [2.45, 2.75) is 37.9 Å². The first-order chi connectivity index (χ1) is 9.04. The van der Waals surface area contributed by atoms with E-state index >= 15 is 0 Å². The molecule has 1 aliphatic rings. The second-order valence-electron chi connectivity index (χ2n) is 4.93. The molecule has 5 heteroatoms. The van der Waals surface area contributed by atoms with Crippen LogP contribution in [-0.4, -0.2) is 45.2 Å². The van der Waals surface area contributed by atoms with E-state index in [4.69, 9.17) is 10.2 Å². The maximum atomic E-state index is 10.4. The number of allylic oxidation sites excluding steroid dienone is 2. The van der Waals surface area contributed by atoms with Gasteiger partial charge in [0.25, 0.3) is 0 Å². The summed E-state index contributed by atoms with van der Waals surface area (Å²) in [5.74, 6) is -1.20. The van der Waals surface area contributed by atoms with Gasteiger partial charge >= 0.3 is 5.97 Å². The highest BCUT2D eigenvalue weighted by Gasteiger charge is 2.35. The van der Waals surface area contributed by atoms with Gasteiger partial charge in [0.15, 0.2) is 0 Å². The van der Waals surface area contributed by atoms with Gasteiger partial charge in [-0.05, 0) is 43.6 Å². The van der Waals surface area contributed by atoms with Crippen LogP contribution in [-0.2, 0) is 4.79 Å². The standard InChI is InChI=1S/C14H22O5/c15-7-3-1-2-4-10-8-11(16)9-12(10)13(17)5-6-14(18)19/h2,4-6,10-13,15-17H,1,3,7-9H2,(H,18,19)/b4-2+,6-5+/t10-,11-,12+,13-/m1/s1. The van der Waals surface area contributed by atoms with Crippen LogP contribution in [0.25, 0.3) is 0 Å². The molecule has 0 bridgehead atoms. The van der Waals surface area contributed by atoms with Crippen LogP contribution in [0.2, 0.25) is 0 Å². The summed E-state index contributed by atoms with van der Waals surface area (Å²) in [6.07, 6.45) is 7.29. The summed E-state index contributed by atoms with van der Waals surface area (Å²) in [7, 11) is 0. The molecule has 0 aromatic heterocycles. The van der Waals surface area contributed by atoms with Gasteiger partial charge in [0.2, 0.25) is 0 Å². The number of hydrogen-bond acceptors (Lipinski definition) is 4. The lowest BCUT2D eigenvalue weighted by Gasteiger charge is -2.19. The summed E-state index contributed by atoms with van der Waals surface area (Å²) in [5, 5.41) is 36.8. The number of rotatable bonds is 7. The molecular formula is C14H22O5. The third-order valence-corrected chi connectivity index (χ3v) is 3.43. The Hall–Kier alpha value is -1.17. The zero-order valence-corrected chi connectivity index (χ0v) is 10.9. The molecular weight excluding hydrogens is 248 g/mol. The molecule has 0 spiro atoms. The Bertz CT molecular complexity index is 337. The van der Waals surface area contributed by atoms with Crippen LogP contribution < -0.4 is 0 Å². The van der Waals surface area contributed by atoms with Gasteiger partial charge in [0.05, 0.1) is 12.2 Å². The number of unbranched alkanes of at least 4 members (excludes halogenated alkanes) is 1. The number of aliphatic carboxylic acids is 1. The highest BCUT2D eigenvalue weighted by Crippen LogP contribution is 2.36. The van der Waals surface area contributed by atoms with E-state index in [2.05, 4.69) is 0 Å². The fraction of sp³-hybridized carbons (Fsp3) is 0.643. The Balaban J connectivity index is 2.58. The quantitative estimate of drug-likeness (QED) is 0.310. The van der Waals surface area contributed by atoms with Crippen molar-refractivity contribution in [1.29, 1.82) is 0 Å². The van der Waals surface area contributed by atoms with E-state index in [0.717, 1.165) is 12.5 Å². The van der Waals surface area contributed by atoms with E-state index in [1.165, 1.54) is 6.08 Å². The third-order valence-electron chi connectivity index (χ3n) is 3.43. The van der Waals surface area contributed by atoms with Crippen LogP contribution in [0.1, 0.15) is 25.7 Å². The minimum Gasteiger partial charge on any atom is -0.478 e. The lowest BCUT2D eigenvalue weighted by molar-refractivity contribution is -0.131. The molecule has 5 nitrogen and oxygen atoms in total. The monoisotopic (exact) mass is 270 g/mol. The van der Waals surface area contributed by atoms with Crippen molar-refractivity contribution in [3.8, 4) is 0 Å². The second kappa shape index (κ2) is 8.09. The molecule has 108 valence electrons. The van der Waals surface area contributed by atoms with Crippen molar-refractivity contribution in [2.75, 3.05) is 6.61 Å². The first-order valence-corrected chi connectivity index (χ1v) is 6.59. The Morgan fingerprint density at radius 1 is 1.37 bits per heavy atom. The van der Waals surface area contributed by atoms with Gasteiger partial charge in [-0.15, -0.1) is 0 Å². The Morgan fingerprint density at radius 3 is 2.74 bits per heavy atom. The third kappa shape index (κ3) is 5.55. The van der Waals surface area contributed by atoms with E-state index in [-0.39, 0.29) is 18.4 Å². The molecule has 0 aliphatic heterocycles. The summed E-state index contributed by atoms with van der Waals surface area (Å²) in [6, 6.07) is 0. The van der Waals surface area contributed by atoms with Crippen molar-refractivity contribution in [3.05, 3.63) is 24.3 Å². The topological polar surface area (TPSA) is 98.0 Å². The molecule has 0 unspecified atom stereocenters. The first-order valence-electron chi connectivity index (χ1n) is 6.59. The minimum absolute atomic E-state index is 0.0436. The minimum atomic E-state index is -1.09. The fourth-order valence-electron chi connectivity index (χ4n) is 2.49. The second-order valence-corrected chi connectivity index (χ2v) is 4.93. The number of aliphatic hydroxyl groups is 3. The van der Waals surface area contributed by atoms with E-state index in [9.17, 15) is 15.0 Å². The van der Waals surface area contributed by atoms with Gasteiger partial charge in [-0.2, -0.15) is 0 Å². The lowest BCUT2D eigenvalue weighted by atomic mass is 9.90. The van der Waals surface area contributed by atoms with Crippen LogP contribution >= 0.6 is 0 Å². The van der Waals surface area contributed by atoms with Gasteiger partial charge in [0, 0.05) is 12.7 Å². The summed E-state index contributed by atoms with van der Waals surface area (Å²) < 4.78 is 0. The molecule has 0 saturated heterocycles. The molecule has 1 rings (SSSR count). The molecule has 4 atom stereocenters. The van der Waals surface area contributed by atoms with Crippen molar-refractivity contribution in [3.63, 3.8) is 0 Å². The normalized spacial score (nSPS) is 29.3. The largest absolute Gasteiger partial charge is 0.478 e. The summed E-state index contributed by atoms with van der Waals surface area (Å²) in [5.41, 5.74) is 0. The molecule has 0 aromatic rings. The zero-order chi connectivity index (χ0) is 14.3. The van der Waals surface area contributed by atoms with Crippen molar-refractivity contribution >= 4 is 5.97 Å². The summed E-state index contributed by atoms with van der Waals surface area (Å²) in [6.45, 7) is 0.144. The Labute approximate surface area is 112 Å². The predicted octanol–water partition coefficient (Wildman–Crippen LogP) is 0.704. The van der Waals surface area contributed by atoms with Gasteiger partial charge in [-0.3, -0.25) is 0 Å². The van der Waals surface area contributed by atoms with Crippen molar-refractivity contribution in [2.24, 2.45) is 11.8 Å². The number of carbonyl (C=O) groups is 1. The Morgan fingerprint density at radius 2 is 2.11 bits per heavy atom. The van der Waals surface area contributed by atoms with Crippen LogP contribution in [0.3, 0.4) is 0 Å². The molecule has 0 radical (unpaired) electrons. The van der Waals surface area contributed by atoms with E-state index in [0.29, 0.717) is 19.3 Å². The molecule has 0 heterocycles. The number of carboxylic acid groups (broad SMARTS) is 1. The molecule has 0 amide bonds. The van der Waals surface area contributed by atoms with E-state index in [1.54, 1.807) is 0 Å². The number of carboxylic acids is 1. The molecule has 1 aliphatic carbocycles. The molecule has 1 fully saturated rings. The van der Waals surface area contributed by atoms with Gasteiger partial charge in [-0.25, -0.2) is 4.79 Å². The van der Waals surface area contributed by atoms with E-state index < -0.39 is 18.2 Å². The van der Waals surface area contributed by atoms with Crippen molar-refractivity contribution in [1.82, 2.24) is 0 Å². The van der Waals surface area contributed by atoms with Crippen LogP contribution in [0.5, 0.6) is 0 Å². The van der Waals surface area contributed by atoms with E-state index in [1.807, 2.05) is 12.2 Å². The van der Waals surface area contributed by atoms with Crippen LogP contribution in [0.4, 0.5) is 0 Å². The average Bonchev–Trinajstić information content (AvgIpc) is 2.73. The highest BCUT2D eigenvalue weighted by molar-refractivity contribution is 5.79. The number of aliphatic hydroxyl groups excluding tert-OH is 3. The van der Waals surface area contributed by atoms with Gasteiger partial charge < -0.3 is 20.4 Å². The van der Waals surface area contributed by atoms with Gasteiger partial charge in [-0.1, -0.05) is 12.2 Å². The maximum Gasteiger partial charge on any atom is 0.328 e. The molecule has 1 saturated carbocycles. The first kappa shape index (κ1) is 15.9. The van der Waals surface area contributed by atoms with Crippen molar-refractivity contribution < 1.29 is 25.2 Å². The smallest absolute Gasteiger partial charge is 0.328 e. The molecule has 4 N–H and O–H groups in total. The highest BCUT2D eigenvalue weighted by atomic mass is 16.4. The SMILES string of the molecule is O=C(O)/C=C/[C@@H](O)[C@H]1C[C@H](O)C[C@H]1/C=C/CCCO. The van der Waals surface area contributed by atoms with Gasteiger partial charge in [0.1, 0.15) is 0 Å². The summed E-state index contributed by atoms with van der Waals surface area (Å²) >= 11 is 0. The summed E-state index contributed by atoms with van der Waals surface area (Å²) in [4.78, 5) is 10.4. The van der Waals surface area contributed by atoms with Crippen LogP contribution in [0, 0.1) is 11.8 Å². The lowest BCUT2D eigenvalue weighted by Crippen LogP contribution is -2.21. The maximum absolute atomic E-state index is 10.4. The predicted molar refractivity (Wildman–Crippen MR) is 70.5 cm³/mol. The number of hydrogen-bond donors (Lipinski definition) is 4. The zero-order valence-electron chi connectivity index (χ0n) is 10.9. The fourth-order valence-corrected chi connectivity index (χ4v) is 2.49. The van der Waals surface area contributed by atoms with Crippen LogP contribution in [0.15, 0.2) is 24.3 Å². The Kier molecular flexibility index (Phi) is 6.77. The molecule has 19 heavy (non-hydrogen) atoms. The average molecular weight is 270 g/mol. The molecule has 0 aromatic carbocycles.